The van der Waals surface area contributed by atoms with E-state index >= 15 is 0 Å². The second-order valence-electron chi connectivity index (χ2n) is 10.1. The van der Waals surface area contributed by atoms with Gasteiger partial charge in [0.2, 0.25) is 0 Å². The molecule has 2 aliphatic rings. The molecule has 1 saturated heterocycles. The molecule has 0 bridgehead atoms. The molecule has 2 aromatic carbocycles. The Balaban J connectivity index is 1.85. The summed E-state index contributed by atoms with van der Waals surface area (Å²) in [5.74, 6) is -4.09. The highest BCUT2D eigenvalue weighted by Gasteiger charge is 2.67. The number of carbonyl (C=O) groups is 2. The molecule has 4 rings (SSSR count). The number of likely N-dealkylation sites (N-methyl/N-ethyl adjacent to an activating group) is 1. The third-order valence-electron chi connectivity index (χ3n) is 7.21. The topological polar surface area (TPSA) is 65.1 Å². The minimum Gasteiger partial charge on any atom is -0.414 e. The van der Waals surface area contributed by atoms with E-state index < -0.39 is 52.6 Å². The second-order valence-corrected chi connectivity index (χ2v) is 10.1. The van der Waals surface area contributed by atoms with Crippen LogP contribution in [-0.2, 0) is 23.8 Å². The van der Waals surface area contributed by atoms with Crippen LogP contribution in [0.25, 0.3) is 0 Å². The number of benzene rings is 2. The molecule has 35 heavy (non-hydrogen) atoms. The summed E-state index contributed by atoms with van der Waals surface area (Å²) in [6, 6.07) is 11.5. The molecule has 2 aliphatic heterocycles. The summed E-state index contributed by atoms with van der Waals surface area (Å²) in [5, 5.41) is 0. The molecule has 0 aromatic heterocycles. The van der Waals surface area contributed by atoms with Crippen LogP contribution in [0.1, 0.15) is 51.3 Å². The van der Waals surface area contributed by atoms with Gasteiger partial charge in [0, 0.05) is 17.7 Å². The van der Waals surface area contributed by atoms with Gasteiger partial charge in [-0.1, -0.05) is 24.3 Å². The van der Waals surface area contributed by atoms with Crippen LogP contribution in [-0.4, -0.2) is 46.9 Å². The minimum absolute atomic E-state index is 0.326. The summed E-state index contributed by atoms with van der Waals surface area (Å²) >= 11 is 0. The maximum atomic E-state index is 13.7. The molecule has 8 heteroatoms. The molecule has 1 spiro atoms. The van der Waals surface area contributed by atoms with E-state index in [-0.39, 0.29) is 0 Å². The second kappa shape index (κ2) is 8.84. The van der Waals surface area contributed by atoms with E-state index in [2.05, 4.69) is 0 Å². The van der Waals surface area contributed by atoms with Crippen molar-refractivity contribution in [3.05, 3.63) is 83.4 Å². The number of halogens is 2. The number of hydrogen-bond acceptors (Lipinski definition) is 6. The minimum atomic E-state index is -1.80. The first-order valence-electron chi connectivity index (χ1n) is 11.4. The Morgan fingerprint density at radius 1 is 0.857 bits per heavy atom. The van der Waals surface area contributed by atoms with Crippen LogP contribution in [0, 0.1) is 11.6 Å². The van der Waals surface area contributed by atoms with Crippen molar-refractivity contribution < 1.29 is 32.6 Å². The molecule has 1 unspecified atom stereocenters. The molecule has 2 heterocycles. The molecular formula is C27H29F2NO5. The maximum Gasteiger partial charge on any atom is 0.334 e. The highest BCUT2D eigenvalue weighted by Crippen LogP contribution is 2.50. The third kappa shape index (κ3) is 4.48. The molecule has 0 amide bonds. The lowest BCUT2D eigenvalue weighted by molar-refractivity contribution is -0.338. The van der Waals surface area contributed by atoms with Crippen molar-refractivity contribution in [2.24, 2.45) is 0 Å². The highest BCUT2D eigenvalue weighted by molar-refractivity contribution is 5.93. The van der Waals surface area contributed by atoms with Gasteiger partial charge in [-0.25, -0.2) is 18.4 Å². The smallest absolute Gasteiger partial charge is 0.334 e. The zero-order chi connectivity index (χ0) is 25.6. The van der Waals surface area contributed by atoms with Crippen LogP contribution in [0.5, 0.6) is 0 Å². The van der Waals surface area contributed by atoms with Crippen LogP contribution in [0.4, 0.5) is 8.78 Å². The first kappa shape index (κ1) is 25.0. The van der Waals surface area contributed by atoms with Crippen molar-refractivity contribution in [1.82, 2.24) is 4.90 Å². The summed E-state index contributed by atoms with van der Waals surface area (Å²) in [7, 11) is 1.87. The third-order valence-corrected chi connectivity index (χ3v) is 7.21. The molecule has 0 aliphatic carbocycles. The molecule has 0 saturated carbocycles. The highest BCUT2D eigenvalue weighted by atomic mass is 19.1. The number of piperidine rings is 1. The zero-order valence-electron chi connectivity index (χ0n) is 20.4. The van der Waals surface area contributed by atoms with Gasteiger partial charge in [-0.15, -0.1) is 0 Å². The van der Waals surface area contributed by atoms with Gasteiger partial charge in [0.05, 0.1) is 5.54 Å². The fourth-order valence-electron chi connectivity index (χ4n) is 4.94. The van der Waals surface area contributed by atoms with E-state index in [1.807, 2.05) is 39.6 Å². The Kier molecular flexibility index (Phi) is 6.32. The Bertz CT molecular complexity index is 1080. The molecule has 6 nitrogen and oxygen atoms in total. The van der Waals surface area contributed by atoms with Gasteiger partial charge in [0.15, 0.2) is 0 Å². The Morgan fingerprint density at radius 3 is 1.71 bits per heavy atom. The standard InChI is InChI=1S/C27H29F2NO5/c1-25(2)16-21(27(26(3,4)30(25)5)34-22(31)14-15-23(32)35-27)33-24(17-6-10-19(28)11-7-17)18-8-12-20(29)13-9-18/h6-15,21,24H,16H2,1-5H3. The van der Waals surface area contributed by atoms with Crippen LogP contribution >= 0.6 is 0 Å². The fourth-order valence-corrected chi connectivity index (χ4v) is 4.94. The average Bonchev–Trinajstić information content (AvgIpc) is 2.95. The number of carbonyl (C=O) groups excluding carboxylic acids is 2. The van der Waals surface area contributed by atoms with Crippen molar-refractivity contribution >= 4 is 11.9 Å². The van der Waals surface area contributed by atoms with Crippen molar-refractivity contribution in [2.75, 3.05) is 7.05 Å². The quantitative estimate of drug-likeness (QED) is 0.586. The SMILES string of the molecule is CN1C(C)(C)CC(OC(c2ccc(F)cc2)c2ccc(F)cc2)C2(OC(=O)C=CC(=O)O2)C1(C)C. The first-order chi connectivity index (χ1) is 16.4. The van der Waals surface area contributed by atoms with E-state index in [1.54, 1.807) is 24.3 Å². The number of likely N-dealkylation sites (tertiary alicyclic amines) is 1. The van der Waals surface area contributed by atoms with E-state index in [1.165, 1.54) is 24.3 Å². The Morgan fingerprint density at radius 2 is 1.29 bits per heavy atom. The van der Waals surface area contributed by atoms with Crippen molar-refractivity contribution in [3.63, 3.8) is 0 Å². The number of esters is 2. The normalized spacial score (nSPS) is 23.1. The largest absolute Gasteiger partial charge is 0.414 e. The van der Waals surface area contributed by atoms with Crippen LogP contribution < -0.4 is 0 Å². The fraction of sp³-hybridized carbons (Fsp3) is 0.407. The predicted octanol–water partition coefficient (Wildman–Crippen LogP) is 4.68. The van der Waals surface area contributed by atoms with E-state index in [4.69, 9.17) is 14.2 Å². The van der Waals surface area contributed by atoms with Crippen LogP contribution in [0.2, 0.25) is 0 Å². The molecule has 1 fully saturated rings. The van der Waals surface area contributed by atoms with Crippen LogP contribution in [0.15, 0.2) is 60.7 Å². The van der Waals surface area contributed by atoms with Gasteiger partial charge in [-0.3, -0.25) is 4.90 Å². The molecule has 1 atom stereocenters. The first-order valence-corrected chi connectivity index (χ1v) is 11.4. The van der Waals surface area contributed by atoms with E-state index in [0.29, 0.717) is 17.5 Å². The Labute approximate surface area is 203 Å². The maximum absolute atomic E-state index is 13.7. The summed E-state index contributed by atoms with van der Waals surface area (Å²) < 4.78 is 45.8. The lowest BCUT2D eigenvalue weighted by Gasteiger charge is -2.61. The number of hydrogen-bond donors (Lipinski definition) is 0. The lowest BCUT2D eigenvalue weighted by atomic mass is 9.73. The summed E-state index contributed by atoms with van der Waals surface area (Å²) in [6.45, 7) is 7.67. The molecule has 0 radical (unpaired) electrons. The number of rotatable bonds is 4. The predicted molar refractivity (Wildman–Crippen MR) is 124 cm³/mol. The van der Waals surface area contributed by atoms with Gasteiger partial charge in [-0.05, 0) is 76.6 Å². The Hall–Kier alpha value is -3.10. The number of nitrogens with zero attached hydrogens (tertiary/aromatic N) is 1. The summed E-state index contributed by atoms with van der Waals surface area (Å²) in [6.07, 6.45) is 0.674. The molecule has 186 valence electrons. The lowest BCUT2D eigenvalue weighted by Crippen LogP contribution is -2.76. The zero-order valence-corrected chi connectivity index (χ0v) is 20.4. The summed E-state index contributed by atoms with van der Waals surface area (Å²) in [5.41, 5.74) is -0.250. The molecule has 2 aromatic rings. The van der Waals surface area contributed by atoms with Gasteiger partial charge < -0.3 is 14.2 Å². The average molecular weight is 486 g/mol. The monoisotopic (exact) mass is 485 g/mol. The van der Waals surface area contributed by atoms with E-state index in [0.717, 1.165) is 12.2 Å². The van der Waals surface area contributed by atoms with E-state index in [9.17, 15) is 18.4 Å². The van der Waals surface area contributed by atoms with Crippen molar-refractivity contribution in [3.8, 4) is 0 Å². The number of ether oxygens (including phenoxy) is 3. The van der Waals surface area contributed by atoms with Crippen LogP contribution in [0.3, 0.4) is 0 Å². The van der Waals surface area contributed by atoms with Gasteiger partial charge in [-0.2, -0.15) is 0 Å². The van der Waals surface area contributed by atoms with Gasteiger partial charge in [0.25, 0.3) is 0 Å². The van der Waals surface area contributed by atoms with Crippen molar-refractivity contribution in [2.45, 2.75) is 63.2 Å². The molecular weight excluding hydrogens is 456 g/mol. The van der Waals surface area contributed by atoms with Gasteiger partial charge in [0.1, 0.15) is 23.8 Å². The van der Waals surface area contributed by atoms with Crippen molar-refractivity contribution in [1.29, 1.82) is 0 Å². The molecule has 0 N–H and O–H groups in total. The summed E-state index contributed by atoms with van der Waals surface area (Å²) in [4.78, 5) is 27.2. The van der Waals surface area contributed by atoms with Gasteiger partial charge >= 0.3 is 17.7 Å².